The van der Waals surface area contributed by atoms with Crippen LogP contribution in [0.15, 0.2) is 66.7 Å². The molecule has 5 N–H and O–H groups in total. The number of nitrogens with zero attached hydrogens (tertiary/aromatic N) is 1. The predicted molar refractivity (Wildman–Crippen MR) is 124 cm³/mol. The number of nitrogens with one attached hydrogen (secondary N) is 1. The van der Waals surface area contributed by atoms with Crippen molar-refractivity contribution in [3.63, 3.8) is 0 Å². The molecule has 4 aromatic rings. The van der Waals surface area contributed by atoms with Gasteiger partial charge in [-0.3, -0.25) is 4.79 Å². The van der Waals surface area contributed by atoms with Crippen molar-refractivity contribution in [3.8, 4) is 0 Å². The summed E-state index contributed by atoms with van der Waals surface area (Å²) in [6.07, 6.45) is 1.78. The Bertz CT molecular complexity index is 1170. The first-order chi connectivity index (χ1) is 14.7. The number of benzene rings is 3. The van der Waals surface area contributed by atoms with E-state index in [2.05, 4.69) is 52.3 Å². The zero-order chi connectivity index (χ0) is 20.9. The lowest BCUT2D eigenvalue weighted by Gasteiger charge is -2.14. The van der Waals surface area contributed by atoms with E-state index in [1.807, 2.05) is 24.3 Å². The lowest BCUT2D eigenvalue weighted by Crippen LogP contribution is -2.27. The second kappa shape index (κ2) is 9.11. The third kappa shape index (κ3) is 4.08. The lowest BCUT2D eigenvalue weighted by molar-refractivity contribution is 0.0944. The van der Waals surface area contributed by atoms with Crippen LogP contribution in [-0.2, 0) is 13.1 Å². The van der Waals surface area contributed by atoms with Crippen LogP contribution in [0.4, 0.5) is 0 Å². The highest BCUT2D eigenvalue weighted by Gasteiger charge is 2.17. The molecule has 0 unspecified atom stereocenters. The number of unbranched alkanes of at least 4 members (excludes halogenated alkanes) is 1. The number of nitrogens with two attached hydrogens (primary N) is 2. The highest BCUT2D eigenvalue weighted by atomic mass is 16.1. The summed E-state index contributed by atoms with van der Waals surface area (Å²) in [5, 5.41) is 6.48. The van der Waals surface area contributed by atoms with Crippen molar-refractivity contribution in [2.75, 3.05) is 13.1 Å². The summed E-state index contributed by atoms with van der Waals surface area (Å²) < 4.78 is 2.11. The van der Waals surface area contributed by atoms with Crippen LogP contribution in [0.5, 0.6) is 0 Å². The van der Waals surface area contributed by atoms with E-state index in [0.717, 1.165) is 29.3 Å². The zero-order valence-corrected chi connectivity index (χ0v) is 17.1. The summed E-state index contributed by atoms with van der Waals surface area (Å²) in [4.78, 5) is 13.0. The number of carbonyl (C=O) groups is 1. The molecule has 1 aromatic heterocycles. The maximum atomic E-state index is 13.0. The van der Waals surface area contributed by atoms with Crippen LogP contribution < -0.4 is 16.8 Å². The summed E-state index contributed by atoms with van der Waals surface area (Å²) in [7, 11) is 0. The van der Waals surface area contributed by atoms with E-state index in [1.54, 1.807) is 0 Å². The standard InChI is InChI=1S/C25H28N4O/c26-12-3-4-13-28-25(30)24-15-20-11-10-18(16-27)14-23(20)29(24)17-21-8-5-7-19-6-1-2-9-22(19)21/h1-2,5-11,14-15H,3-4,12-13,16-17,26-27H2,(H,28,30). The van der Waals surface area contributed by atoms with Gasteiger partial charge in [-0.25, -0.2) is 0 Å². The normalized spacial score (nSPS) is 11.3. The van der Waals surface area contributed by atoms with Crippen LogP contribution in [0.2, 0.25) is 0 Å². The monoisotopic (exact) mass is 400 g/mol. The highest BCUT2D eigenvalue weighted by molar-refractivity contribution is 5.99. The highest BCUT2D eigenvalue weighted by Crippen LogP contribution is 2.26. The number of hydrogen-bond acceptors (Lipinski definition) is 3. The van der Waals surface area contributed by atoms with Crippen LogP contribution >= 0.6 is 0 Å². The van der Waals surface area contributed by atoms with Crippen LogP contribution in [-0.4, -0.2) is 23.6 Å². The molecule has 1 amide bonds. The van der Waals surface area contributed by atoms with Crippen molar-refractivity contribution in [1.29, 1.82) is 0 Å². The van der Waals surface area contributed by atoms with Crippen molar-refractivity contribution < 1.29 is 4.79 Å². The van der Waals surface area contributed by atoms with E-state index >= 15 is 0 Å². The Morgan fingerprint density at radius 1 is 0.900 bits per heavy atom. The van der Waals surface area contributed by atoms with Crippen molar-refractivity contribution in [3.05, 3.63) is 83.6 Å². The van der Waals surface area contributed by atoms with Crippen molar-refractivity contribution in [2.45, 2.75) is 25.9 Å². The molecule has 4 rings (SSSR count). The number of aromatic nitrogens is 1. The fourth-order valence-electron chi connectivity index (χ4n) is 3.95. The van der Waals surface area contributed by atoms with Crippen molar-refractivity contribution in [1.82, 2.24) is 9.88 Å². The molecule has 5 nitrogen and oxygen atoms in total. The first-order valence-corrected chi connectivity index (χ1v) is 10.5. The summed E-state index contributed by atoms with van der Waals surface area (Å²) in [5.41, 5.74) is 15.4. The Labute approximate surface area is 176 Å². The third-order valence-electron chi connectivity index (χ3n) is 5.56. The van der Waals surface area contributed by atoms with E-state index in [0.29, 0.717) is 31.9 Å². The van der Waals surface area contributed by atoms with Crippen LogP contribution in [0.3, 0.4) is 0 Å². The van der Waals surface area contributed by atoms with Crippen molar-refractivity contribution >= 4 is 27.6 Å². The molecule has 154 valence electrons. The molecule has 30 heavy (non-hydrogen) atoms. The zero-order valence-electron chi connectivity index (χ0n) is 17.1. The van der Waals surface area contributed by atoms with Gasteiger partial charge in [0, 0.05) is 30.5 Å². The summed E-state index contributed by atoms with van der Waals surface area (Å²) in [5.74, 6) is -0.0576. The Morgan fingerprint density at radius 2 is 1.73 bits per heavy atom. The van der Waals surface area contributed by atoms with Crippen LogP contribution in [0, 0.1) is 0 Å². The average molecular weight is 401 g/mol. The van der Waals surface area contributed by atoms with Gasteiger partial charge >= 0.3 is 0 Å². The first-order valence-electron chi connectivity index (χ1n) is 10.5. The van der Waals surface area contributed by atoms with Gasteiger partial charge in [-0.1, -0.05) is 54.6 Å². The topological polar surface area (TPSA) is 86.1 Å². The minimum atomic E-state index is -0.0576. The minimum absolute atomic E-state index is 0.0576. The lowest BCUT2D eigenvalue weighted by atomic mass is 10.0. The van der Waals surface area contributed by atoms with Gasteiger partial charge in [0.2, 0.25) is 0 Å². The molecule has 0 spiro atoms. The number of amides is 1. The first kappa shape index (κ1) is 20.1. The van der Waals surface area contributed by atoms with Gasteiger partial charge in [0.15, 0.2) is 0 Å². The Hall–Kier alpha value is -3.15. The number of fused-ring (bicyclic) bond motifs is 2. The number of carbonyl (C=O) groups excluding carboxylic acids is 1. The third-order valence-corrected chi connectivity index (χ3v) is 5.56. The van der Waals surface area contributed by atoms with Gasteiger partial charge < -0.3 is 21.4 Å². The molecule has 0 fully saturated rings. The molecule has 0 aliphatic rings. The predicted octanol–water partition coefficient (Wildman–Crippen LogP) is 3.77. The Balaban J connectivity index is 1.76. The van der Waals surface area contributed by atoms with Gasteiger partial charge in [-0.05, 0) is 53.4 Å². The number of hydrogen-bond donors (Lipinski definition) is 3. The Kier molecular flexibility index (Phi) is 6.12. The van der Waals surface area contributed by atoms with Gasteiger partial charge in [0.05, 0.1) is 0 Å². The fourth-order valence-corrected chi connectivity index (χ4v) is 3.95. The van der Waals surface area contributed by atoms with E-state index < -0.39 is 0 Å². The van der Waals surface area contributed by atoms with E-state index in [-0.39, 0.29) is 5.91 Å². The minimum Gasteiger partial charge on any atom is -0.351 e. The maximum absolute atomic E-state index is 13.0. The second-order valence-electron chi connectivity index (χ2n) is 7.60. The molecule has 1 heterocycles. The van der Waals surface area contributed by atoms with E-state index in [4.69, 9.17) is 11.5 Å². The molecule has 0 atom stereocenters. The molecule has 0 saturated heterocycles. The molecule has 0 aliphatic heterocycles. The summed E-state index contributed by atoms with van der Waals surface area (Å²) >= 11 is 0. The smallest absolute Gasteiger partial charge is 0.267 e. The van der Waals surface area contributed by atoms with Crippen LogP contribution in [0.1, 0.15) is 34.5 Å². The molecular weight excluding hydrogens is 372 g/mol. The molecule has 0 radical (unpaired) electrons. The van der Waals surface area contributed by atoms with Crippen molar-refractivity contribution in [2.24, 2.45) is 11.5 Å². The molecular formula is C25H28N4O. The largest absolute Gasteiger partial charge is 0.351 e. The van der Waals surface area contributed by atoms with E-state index in [9.17, 15) is 4.79 Å². The SMILES string of the molecule is NCCCCNC(=O)c1cc2ccc(CN)cc2n1Cc1cccc2ccccc12. The summed E-state index contributed by atoms with van der Waals surface area (Å²) in [6.45, 7) is 2.35. The average Bonchev–Trinajstić information content (AvgIpc) is 3.14. The quantitative estimate of drug-likeness (QED) is 0.394. The number of rotatable bonds is 8. The molecule has 0 saturated carbocycles. The molecule has 5 heteroatoms. The second-order valence-corrected chi connectivity index (χ2v) is 7.60. The van der Waals surface area contributed by atoms with Crippen LogP contribution in [0.25, 0.3) is 21.7 Å². The fraction of sp³-hybridized carbons (Fsp3) is 0.240. The Morgan fingerprint density at radius 3 is 2.57 bits per heavy atom. The molecule has 0 aliphatic carbocycles. The van der Waals surface area contributed by atoms with E-state index in [1.165, 1.54) is 16.3 Å². The molecule has 3 aromatic carbocycles. The summed E-state index contributed by atoms with van der Waals surface area (Å²) in [6, 6.07) is 22.8. The van der Waals surface area contributed by atoms with Gasteiger partial charge in [0.25, 0.3) is 5.91 Å². The van der Waals surface area contributed by atoms with Gasteiger partial charge in [-0.15, -0.1) is 0 Å². The maximum Gasteiger partial charge on any atom is 0.267 e. The van der Waals surface area contributed by atoms with Gasteiger partial charge in [0.1, 0.15) is 5.69 Å². The molecule has 0 bridgehead atoms. The van der Waals surface area contributed by atoms with Gasteiger partial charge in [-0.2, -0.15) is 0 Å².